The number of hydrogen-bond acceptors (Lipinski definition) is 4. The number of nitrogens with zero attached hydrogens (tertiary/aromatic N) is 4. The van der Waals surface area contributed by atoms with Crippen molar-refractivity contribution in [2.75, 3.05) is 0 Å². The summed E-state index contributed by atoms with van der Waals surface area (Å²) in [5.74, 6) is 2.17. The van der Waals surface area contributed by atoms with Gasteiger partial charge in [0, 0.05) is 18.8 Å². The monoisotopic (exact) mass is 409 g/mol. The second kappa shape index (κ2) is 8.60. The minimum absolute atomic E-state index is 0.0582. The van der Waals surface area contributed by atoms with Gasteiger partial charge in [-0.25, -0.2) is 9.97 Å². The number of amides is 1. The summed E-state index contributed by atoms with van der Waals surface area (Å²) in [6.07, 6.45) is 6.46. The van der Waals surface area contributed by atoms with Crippen molar-refractivity contribution in [1.82, 2.24) is 24.4 Å². The highest BCUT2D eigenvalue weighted by molar-refractivity contribution is 5.81. The molecule has 0 bridgehead atoms. The number of aryl methyl sites for hydroxylation is 1. The highest BCUT2D eigenvalue weighted by Crippen LogP contribution is 2.30. The number of hydrogen-bond donors (Lipinski definition) is 2. The number of fused-ring (bicyclic) bond motifs is 1. The molecule has 7 heteroatoms. The summed E-state index contributed by atoms with van der Waals surface area (Å²) in [4.78, 5) is 22.0. The maximum atomic E-state index is 13.0. The molecule has 1 fully saturated rings. The third-order valence-electron chi connectivity index (χ3n) is 6.01. The Labute approximate surface area is 177 Å². The molecule has 1 saturated carbocycles. The number of benzene rings is 1. The zero-order chi connectivity index (χ0) is 21.3. The first-order valence-corrected chi connectivity index (χ1v) is 10.8. The molecule has 160 valence electrons. The first-order valence-electron chi connectivity index (χ1n) is 10.8. The number of aromatic nitrogens is 4. The molecule has 4 rings (SSSR count). The van der Waals surface area contributed by atoms with Crippen LogP contribution in [0.25, 0.3) is 11.0 Å². The van der Waals surface area contributed by atoms with Gasteiger partial charge in [-0.1, -0.05) is 26.0 Å². The molecule has 1 amide bonds. The fraction of sp³-hybridized carbons (Fsp3) is 0.522. The molecule has 3 atom stereocenters. The number of carbonyl (C=O) groups excluding carboxylic acids is 1. The average Bonchev–Trinajstić information content (AvgIpc) is 3.27. The van der Waals surface area contributed by atoms with Crippen molar-refractivity contribution in [2.24, 2.45) is 5.92 Å². The van der Waals surface area contributed by atoms with Crippen LogP contribution in [0.2, 0.25) is 0 Å². The summed E-state index contributed by atoms with van der Waals surface area (Å²) in [6, 6.07) is 7.61. The maximum absolute atomic E-state index is 13.0. The topological polar surface area (TPSA) is 85.0 Å². The maximum Gasteiger partial charge on any atom is 0.240 e. The number of para-hydroxylation sites is 2. The summed E-state index contributed by atoms with van der Waals surface area (Å²) < 4.78 is 4.03. The van der Waals surface area contributed by atoms with Crippen molar-refractivity contribution in [2.45, 2.75) is 71.2 Å². The molecular weight excluding hydrogens is 378 g/mol. The molecule has 2 heterocycles. The Morgan fingerprint density at radius 2 is 2.10 bits per heavy atom. The zero-order valence-corrected chi connectivity index (χ0v) is 18.0. The van der Waals surface area contributed by atoms with E-state index in [0.29, 0.717) is 5.92 Å². The van der Waals surface area contributed by atoms with E-state index >= 15 is 0 Å². The Morgan fingerprint density at radius 1 is 1.30 bits per heavy atom. The van der Waals surface area contributed by atoms with Crippen molar-refractivity contribution in [1.29, 1.82) is 0 Å². The van der Waals surface area contributed by atoms with Crippen LogP contribution in [0.5, 0.6) is 0 Å². The van der Waals surface area contributed by atoms with Crippen LogP contribution in [0, 0.1) is 12.8 Å². The number of carbonyl (C=O) groups is 1. The van der Waals surface area contributed by atoms with Crippen molar-refractivity contribution >= 4 is 16.9 Å². The molecule has 3 aromatic rings. The van der Waals surface area contributed by atoms with E-state index in [9.17, 15) is 9.90 Å². The second-order valence-electron chi connectivity index (χ2n) is 8.75. The lowest BCUT2D eigenvalue weighted by molar-refractivity contribution is -0.124. The van der Waals surface area contributed by atoms with Gasteiger partial charge in [0.15, 0.2) is 0 Å². The van der Waals surface area contributed by atoms with E-state index in [0.717, 1.165) is 48.4 Å². The first kappa shape index (κ1) is 20.6. The molecule has 0 spiro atoms. The SMILES string of the molecule is Cc1nccn1[C@@H]1CCC[C@@H](NC(=O)Cn2c(CC(C)C)nc3ccccc32)[C@H]1O. The molecule has 30 heavy (non-hydrogen) atoms. The smallest absolute Gasteiger partial charge is 0.240 e. The number of imidazole rings is 2. The van der Waals surface area contributed by atoms with Gasteiger partial charge in [0.05, 0.1) is 29.2 Å². The third-order valence-corrected chi connectivity index (χ3v) is 6.01. The lowest BCUT2D eigenvalue weighted by Crippen LogP contribution is -2.50. The molecule has 1 aromatic carbocycles. The normalized spacial score (nSPS) is 22.0. The second-order valence-corrected chi connectivity index (χ2v) is 8.75. The van der Waals surface area contributed by atoms with Gasteiger partial charge < -0.3 is 19.6 Å². The molecule has 0 radical (unpaired) electrons. The number of nitrogens with one attached hydrogen (secondary N) is 1. The summed E-state index contributed by atoms with van der Waals surface area (Å²) in [5.41, 5.74) is 1.88. The van der Waals surface area contributed by atoms with E-state index in [1.165, 1.54) is 0 Å². The predicted octanol–water partition coefficient (Wildman–Crippen LogP) is 3.01. The summed E-state index contributed by atoms with van der Waals surface area (Å²) >= 11 is 0. The van der Waals surface area contributed by atoms with Crippen LogP contribution in [0.1, 0.15) is 50.8 Å². The highest BCUT2D eigenvalue weighted by atomic mass is 16.3. The third kappa shape index (κ3) is 4.12. The quantitative estimate of drug-likeness (QED) is 0.655. The fourth-order valence-electron chi connectivity index (χ4n) is 4.57. The zero-order valence-electron chi connectivity index (χ0n) is 18.0. The molecule has 2 N–H and O–H groups in total. The van der Waals surface area contributed by atoms with Crippen LogP contribution in [0.4, 0.5) is 0 Å². The van der Waals surface area contributed by atoms with Crippen LogP contribution < -0.4 is 5.32 Å². The number of aliphatic hydroxyl groups is 1. The van der Waals surface area contributed by atoms with Crippen LogP contribution in [0.15, 0.2) is 36.7 Å². The van der Waals surface area contributed by atoms with E-state index in [4.69, 9.17) is 4.98 Å². The molecule has 0 unspecified atom stereocenters. The molecule has 1 aliphatic rings. The molecular formula is C23H31N5O2. The predicted molar refractivity (Wildman–Crippen MR) is 116 cm³/mol. The van der Waals surface area contributed by atoms with Gasteiger partial charge >= 0.3 is 0 Å². The van der Waals surface area contributed by atoms with E-state index < -0.39 is 6.10 Å². The molecule has 1 aliphatic carbocycles. The highest BCUT2D eigenvalue weighted by Gasteiger charge is 2.34. The lowest BCUT2D eigenvalue weighted by Gasteiger charge is -2.36. The van der Waals surface area contributed by atoms with Gasteiger partial charge in [-0.2, -0.15) is 0 Å². The van der Waals surface area contributed by atoms with E-state index in [-0.39, 0.29) is 24.5 Å². The van der Waals surface area contributed by atoms with Gasteiger partial charge in [-0.15, -0.1) is 0 Å². The standard InChI is InChI=1S/C23H31N5O2/c1-15(2)13-21-25-17-7-4-5-9-19(17)28(21)14-22(29)26-18-8-6-10-20(23(18)30)27-12-11-24-16(27)3/h4-5,7,9,11-12,15,18,20,23,30H,6,8,10,13-14H2,1-3H3,(H,26,29)/t18-,20-,23-/m1/s1. The van der Waals surface area contributed by atoms with Crippen molar-refractivity contribution < 1.29 is 9.90 Å². The van der Waals surface area contributed by atoms with Gasteiger partial charge in [-0.3, -0.25) is 4.79 Å². The molecule has 0 aliphatic heterocycles. The average molecular weight is 410 g/mol. The fourth-order valence-corrected chi connectivity index (χ4v) is 4.57. The first-order chi connectivity index (χ1) is 14.4. The lowest BCUT2D eigenvalue weighted by atomic mass is 9.87. The Balaban J connectivity index is 1.50. The summed E-state index contributed by atoms with van der Waals surface area (Å²) in [6.45, 7) is 6.45. The van der Waals surface area contributed by atoms with E-state index in [2.05, 4.69) is 24.1 Å². The number of rotatable bonds is 6. The van der Waals surface area contributed by atoms with Gasteiger partial charge in [0.2, 0.25) is 5.91 Å². The van der Waals surface area contributed by atoms with Gasteiger partial charge in [0.25, 0.3) is 0 Å². The Kier molecular flexibility index (Phi) is 5.90. The Hall–Kier alpha value is -2.67. The van der Waals surface area contributed by atoms with Crippen molar-refractivity contribution in [3.8, 4) is 0 Å². The minimum Gasteiger partial charge on any atom is -0.389 e. The largest absolute Gasteiger partial charge is 0.389 e. The van der Waals surface area contributed by atoms with Crippen molar-refractivity contribution in [3.05, 3.63) is 48.3 Å². The summed E-state index contributed by atoms with van der Waals surface area (Å²) in [5, 5.41) is 14.1. The van der Waals surface area contributed by atoms with Gasteiger partial charge in [0.1, 0.15) is 18.2 Å². The molecule has 0 saturated heterocycles. The Morgan fingerprint density at radius 3 is 2.83 bits per heavy atom. The number of aliphatic hydroxyl groups excluding tert-OH is 1. The van der Waals surface area contributed by atoms with Crippen LogP contribution in [-0.2, 0) is 17.8 Å². The van der Waals surface area contributed by atoms with Crippen molar-refractivity contribution in [3.63, 3.8) is 0 Å². The van der Waals surface area contributed by atoms with Crippen LogP contribution >= 0.6 is 0 Å². The Bertz CT molecular complexity index is 1020. The molecule has 2 aromatic heterocycles. The van der Waals surface area contributed by atoms with Gasteiger partial charge in [-0.05, 0) is 44.2 Å². The minimum atomic E-state index is -0.634. The molecule has 7 nitrogen and oxygen atoms in total. The summed E-state index contributed by atoms with van der Waals surface area (Å²) in [7, 11) is 0. The van der Waals surface area contributed by atoms with Crippen LogP contribution in [-0.4, -0.2) is 42.3 Å². The van der Waals surface area contributed by atoms with Crippen LogP contribution in [0.3, 0.4) is 0 Å². The van der Waals surface area contributed by atoms with E-state index in [1.54, 1.807) is 6.20 Å². The van der Waals surface area contributed by atoms with E-state index in [1.807, 2.05) is 46.5 Å².